The number of hydrogen-bond donors (Lipinski definition) is 1. The maximum atomic E-state index is 12.7. The molecule has 1 aromatic carbocycles. The Hall–Kier alpha value is -1.66. The average Bonchev–Trinajstić information content (AvgIpc) is 3.13. The van der Waals surface area contributed by atoms with Gasteiger partial charge in [0.15, 0.2) is 0 Å². The number of hydrogen-bond acceptors (Lipinski definition) is 3. The molecule has 1 aliphatic carbocycles. The van der Waals surface area contributed by atoms with Gasteiger partial charge >= 0.3 is 0 Å². The van der Waals surface area contributed by atoms with Crippen molar-refractivity contribution < 1.29 is 9.00 Å². The first-order valence-electron chi connectivity index (χ1n) is 8.64. The smallest absolute Gasteiger partial charge is 0.228 e. The summed E-state index contributed by atoms with van der Waals surface area (Å²) in [5.41, 5.74) is 2.49. The van der Waals surface area contributed by atoms with Crippen LogP contribution >= 0.6 is 11.6 Å². The summed E-state index contributed by atoms with van der Waals surface area (Å²) in [5.74, 6) is 1.63. The minimum Gasteiger partial charge on any atom is -0.310 e. The Balaban J connectivity index is 1.69. The average molecular weight is 378 g/mol. The van der Waals surface area contributed by atoms with Crippen molar-refractivity contribution in [2.45, 2.75) is 43.6 Å². The van der Waals surface area contributed by atoms with Crippen LogP contribution in [0.25, 0.3) is 5.69 Å². The van der Waals surface area contributed by atoms with Crippen molar-refractivity contribution in [3.8, 4) is 5.69 Å². The first kappa shape index (κ1) is 16.8. The van der Waals surface area contributed by atoms with Crippen molar-refractivity contribution >= 4 is 34.1 Å². The van der Waals surface area contributed by atoms with Crippen molar-refractivity contribution in [3.05, 3.63) is 40.5 Å². The molecule has 25 heavy (non-hydrogen) atoms. The molecule has 2 heterocycles. The molecule has 0 radical (unpaired) electrons. The summed E-state index contributed by atoms with van der Waals surface area (Å²) in [6.45, 7) is 0. The second kappa shape index (κ2) is 6.92. The molecule has 0 bridgehead atoms. The summed E-state index contributed by atoms with van der Waals surface area (Å²) in [4.78, 5) is 12.7. The first-order valence-corrected chi connectivity index (χ1v) is 10.5. The summed E-state index contributed by atoms with van der Waals surface area (Å²) >= 11 is 6.12. The summed E-state index contributed by atoms with van der Waals surface area (Å²) in [5, 5.41) is 8.30. The van der Waals surface area contributed by atoms with E-state index in [4.69, 9.17) is 11.6 Å². The van der Waals surface area contributed by atoms with E-state index in [1.807, 2.05) is 18.2 Å². The zero-order valence-corrected chi connectivity index (χ0v) is 15.4. The molecule has 2 aromatic rings. The fourth-order valence-corrected chi connectivity index (χ4v) is 5.08. The van der Waals surface area contributed by atoms with Crippen LogP contribution in [-0.2, 0) is 27.1 Å². The minimum atomic E-state index is -0.940. The van der Waals surface area contributed by atoms with Gasteiger partial charge in [-0.25, -0.2) is 4.68 Å². The molecule has 1 saturated carbocycles. The van der Waals surface area contributed by atoms with E-state index < -0.39 is 10.8 Å². The lowest BCUT2D eigenvalue weighted by Crippen LogP contribution is -2.26. The Morgan fingerprint density at radius 2 is 2.04 bits per heavy atom. The van der Waals surface area contributed by atoms with Crippen LogP contribution in [0.2, 0.25) is 5.02 Å². The van der Waals surface area contributed by atoms with Crippen LogP contribution < -0.4 is 5.32 Å². The van der Waals surface area contributed by atoms with Gasteiger partial charge in [-0.1, -0.05) is 36.9 Å². The highest BCUT2D eigenvalue weighted by atomic mass is 35.5. The van der Waals surface area contributed by atoms with E-state index in [-0.39, 0.29) is 11.8 Å². The van der Waals surface area contributed by atoms with Crippen molar-refractivity contribution in [1.82, 2.24) is 9.78 Å². The number of benzene rings is 1. The maximum Gasteiger partial charge on any atom is 0.228 e. The number of anilines is 1. The largest absolute Gasteiger partial charge is 0.310 e. The molecule has 1 fully saturated rings. The van der Waals surface area contributed by atoms with Gasteiger partial charge in [0.2, 0.25) is 5.91 Å². The molecule has 0 saturated heterocycles. The molecule has 1 amide bonds. The third-order valence-electron chi connectivity index (χ3n) is 4.94. The summed E-state index contributed by atoms with van der Waals surface area (Å²) in [7, 11) is -0.940. The predicted molar refractivity (Wildman–Crippen MR) is 99.3 cm³/mol. The molecule has 1 atom stereocenters. The third-order valence-corrected chi connectivity index (χ3v) is 6.38. The highest BCUT2D eigenvalue weighted by molar-refractivity contribution is 7.83. The Labute approximate surface area is 154 Å². The van der Waals surface area contributed by atoms with E-state index in [0.29, 0.717) is 22.3 Å². The molecule has 1 aromatic heterocycles. The number of aromatic nitrogens is 2. The molecule has 4 rings (SSSR count). The van der Waals surface area contributed by atoms with Crippen LogP contribution in [0.4, 0.5) is 5.82 Å². The molecule has 2 aliphatic rings. The van der Waals surface area contributed by atoms with Gasteiger partial charge in [-0.2, -0.15) is 5.10 Å². The lowest BCUT2D eigenvalue weighted by Gasteiger charge is -2.21. The molecule has 1 N–H and O–H groups in total. The fourth-order valence-electron chi connectivity index (χ4n) is 3.63. The second-order valence-corrected chi connectivity index (χ2v) is 8.61. The summed E-state index contributed by atoms with van der Waals surface area (Å²) in [6.07, 6.45) is 5.29. The normalized spacial score (nSPS) is 20.4. The summed E-state index contributed by atoms with van der Waals surface area (Å²) < 4.78 is 13.7. The van der Waals surface area contributed by atoms with Gasteiger partial charge in [0.1, 0.15) is 5.82 Å². The number of carbonyl (C=O) groups excluding carboxylic acids is 1. The van der Waals surface area contributed by atoms with Crippen LogP contribution in [0.1, 0.15) is 43.4 Å². The van der Waals surface area contributed by atoms with Crippen molar-refractivity contribution in [2.75, 3.05) is 5.32 Å². The zero-order chi connectivity index (χ0) is 17.4. The second-order valence-electron chi connectivity index (χ2n) is 6.72. The van der Waals surface area contributed by atoms with E-state index in [2.05, 4.69) is 10.4 Å². The number of rotatable bonds is 3. The van der Waals surface area contributed by atoms with E-state index in [1.165, 1.54) is 6.42 Å². The lowest BCUT2D eigenvalue weighted by atomic mass is 9.88. The van der Waals surface area contributed by atoms with Crippen molar-refractivity contribution in [3.63, 3.8) is 0 Å². The van der Waals surface area contributed by atoms with Gasteiger partial charge in [0.05, 0.1) is 22.9 Å². The van der Waals surface area contributed by atoms with Gasteiger partial charge in [0.25, 0.3) is 0 Å². The Kier molecular flexibility index (Phi) is 4.65. The molecular formula is C18H20ClN3O2S. The topological polar surface area (TPSA) is 64.0 Å². The minimum absolute atomic E-state index is 0.0448. The van der Waals surface area contributed by atoms with Gasteiger partial charge in [-0.3, -0.25) is 9.00 Å². The van der Waals surface area contributed by atoms with Crippen molar-refractivity contribution in [1.29, 1.82) is 0 Å². The number of halogens is 1. The molecule has 132 valence electrons. The highest BCUT2D eigenvalue weighted by Gasteiger charge is 2.30. The fraction of sp³-hybridized carbons (Fsp3) is 0.444. The number of carbonyl (C=O) groups is 1. The van der Waals surface area contributed by atoms with Crippen molar-refractivity contribution in [2.24, 2.45) is 5.92 Å². The number of fused-ring (bicyclic) bond motifs is 1. The quantitative estimate of drug-likeness (QED) is 0.884. The number of nitrogens with zero attached hydrogens (tertiary/aromatic N) is 2. The Bertz CT molecular complexity index is 843. The molecule has 7 heteroatoms. The Morgan fingerprint density at radius 1 is 1.24 bits per heavy atom. The van der Waals surface area contributed by atoms with Gasteiger partial charge in [0, 0.05) is 27.3 Å². The standard InChI is InChI=1S/C18H20ClN3O2S/c19-13-7-4-8-14(9-13)22-17(15-10-25(24)11-16(15)21-22)20-18(23)12-5-2-1-3-6-12/h4,7-9,12H,1-3,5-6,10-11H2,(H,20,23)/t25-/m1/s1. The van der Waals surface area contributed by atoms with Crippen LogP contribution in [0, 0.1) is 5.92 Å². The molecule has 0 spiro atoms. The van der Waals surface area contributed by atoms with Crippen LogP contribution in [0.15, 0.2) is 24.3 Å². The van der Waals surface area contributed by atoms with E-state index in [1.54, 1.807) is 10.7 Å². The van der Waals surface area contributed by atoms with Gasteiger partial charge < -0.3 is 5.32 Å². The van der Waals surface area contributed by atoms with Crippen LogP contribution in [0.5, 0.6) is 0 Å². The zero-order valence-electron chi connectivity index (χ0n) is 13.8. The lowest BCUT2D eigenvalue weighted by molar-refractivity contribution is -0.120. The molecular weight excluding hydrogens is 358 g/mol. The highest BCUT2D eigenvalue weighted by Crippen LogP contribution is 2.33. The predicted octanol–water partition coefficient (Wildman–Crippen LogP) is 3.81. The van der Waals surface area contributed by atoms with Crippen LogP contribution in [0.3, 0.4) is 0 Å². The molecule has 5 nitrogen and oxygen atoms in total. The van der Waals surface area contributed by atoms with E-state index in [0.717, 1.165) is 42.6 Å². The number of nitrogens with one attached hydrogen (secondary N) is 1. The molecule has 0 unspecified atom stereocenters. The van der Waals surface area contributed by atoms with Gasteiger partial charge in [-0.05, 0) is 31.0 Å². The van der Waals surface area contributed by atoms with E-state index in [9.17, 15) is 9.00 Å². The van der Waals surface area contributed by atoms with Crippen LogP contribution in [-0.4, -0.2) is 19.9 Å². The Morgan fingerprint density at radius 3 is 2.80 bits per heavy atom. The third kappa shape index (κ3) is 3.37. The maximum absolute atomic E-state index is 12.7. The monoisotopic (exact) mass is 377 g/mol. The first-order chi connectivity index (χ1) is 12.1. The number of amides is 1. The van der Waals surface area contributed by atoms with Gasteiger partial charge in [-0.15, -0.1) is 0 Å². The van der Waals surface area contributed by atoms with E-state index >= 15 is 0 Å². The molecule has 1 aliphatic heterocycles. The SMILES string of the molecule is O=C(Nc1c2c(nn1-c1cccc(Cl)c1)C[S@](=O)C2)C1CCCCC1. The summed E-state index contributed by atoms with van der Waals surface area (Å²) in [6, 6.07) is 7.38.